The van der Waals surface area contributed by atoms with E-state index in [1.54, 1.807) is 13.0 Å². The first-order valence-corrected chi connectivity index (χ1v) is 8.03. The molecule has 0 aromatic carbocycles. The number of aromatic nitrogens is 1. The molecule has 6 nitrogen and oxygen atoms in total. The van der Waals surface area contributed by atoms with Crippen molar-refractivity contribution in [2.45, 2.75) is 32.6 Å². The molecule has 5 N–H and O–H groups in total. The van der Waals surface area contributed by atoms with Crippen LogP contribution in [0.2, 0.25) is 5.15 Å². The van der Waals surface area contributed by atoms with Gasteiger partial charge in [-0.3, -0.25) is 10.5 Å². The van der Waals surface area contributed by atoms with Crippen LogP contribution in [0.15, 0.2) is 35.5 Å². The van der Waals surface area contributed by atoms with Crippen LogP contribution in [-0.2, 0) is 11.3 Å². The molecule has 142 valence electrons. The quantitative estimate of drug-likeness (QED) is 0.455. The van der Waals surface area contributed by atoms with Gasteiger partial charge in [0, 0.05) is 23.0 Å². The molecule has 0 fully saturated rings. The number of halogens is 4. The molecule has 2 heterocycles. The highest BCUT2D eigenvalue weighted by Crippen LogP contribution is 2.30. The Balaban J connectivity index is 2.14. The van der Waals surface area contributed by atoms with Gasteiger partial charge in [-0.1, -0.05) is 11.6 Å². The summed E-state index contributed by atoms with van der Waals surface area (Å²) in [6, 6.07) is 1.08. The van der Waals surface area contributed by atoms with E-state index in [1.165, 1.54) is 24.1 Å². The predicted molar refractivity (Wildman–Crippen MR) is 88.4 cm³/mol. The Morgan fingerprint density at radius 3 is 2.81 bits per heavy atom. The Morgan fingerprint density at radius 2 is 2.23 bits per heavy atom. The van der Waals surface area contributed by atoms with Crippen LogP contribution >= 0.6 is 11.6 Å². The lowest BCUT2D eigenvalue weighted by molar-refractivity contribution is -0.367. The van der Waals surface area contributed by atoms with Crippen LogP contribution in [0.5, 0.6) is 0 Å². The summed E-state index contributed by atoms with van der Waals surface area (Å²) in [5.41, 5.74) is 11.2. The van der Waals surface area contributed by atoms with Crippen LogP contribution in [0.25, 0.3) is 0 Å². The first-order valence-electron chi connectivity index (χ1n) is 7.65. The first kappa shape index (κ1) is 20.1. The fourth-order valence-electron chi connectivity index (χ4n) is 2.44. The van der Waals surface area contributed by atoms with Gasteiger partial charge in [-0.15, -0.1) is 0 Å². The van der Waals surface area contributed by atoms with E-state index >= 15 is 0 Å². The molecule has 0 radical (unpaired) electrons. The average Bonchev–Trinajstić information content (AvgIpc) is 2.89. The first-order chi connectivity index (χ1) is 12.0. The van der Waals surface area contributed by atoms with Crippen molar-refractivity contribution in [3.8, 4) is 0 Å². The molecule has 26 heavy (non-hydrogen) atoms. The number of nitrogens with zero attached hydrogens (tertiary/aromatic N) is 2. The molecule has 0 saturated carbocycles. The van der Waals surface area contributed by atoms with E-state index in [4.69, 9.17) is 17.3 Å². The summed E-state index contributed by atoms with van der Waals surface area (Å²) in [7, 11) is 0. The number of fused-ring (bicyclic) bond motifs is 1. The van der Waals surface area contributed by atoms with Gasteiger partial charge in [0.25, 0.3) is 11.8 Å². The highest BCUT2D eigenvalue weighted by Gasteiger charge is 2.33. The molecule has 1 aliphatic heterocycles. The second kappa shape index (κ2) is 7.55. The molecule has 10 heteroatoms. The standard InChI is InChI=1S/C16H18ClF3N4O2/c1-8(14(22)26-7-16(18,19)20)5-12(21)9(2)24-6-11-10(15(24)25)3-4-23-13(11)17/h3-5,9H,6-7,21-22H2,1-2H3/p+1/b12-5-,14-8+. The summed E-state index contributed by atoms with van der Waals surface area (Å²) in [5, 5.41) is 0.254. The third-order valence-electron chi connectivity index (χ3n) is 4.01. The Bertz CT molecular complexity index is 777. The third kappa shape index (κ3) is 4.47. The zero-order valence-electron chi connectivity index (χ0n) is 14.2. The van der Waals surface area contributed by atoms with Gasteiger partial charge in [-0.05, 0) is 26.0 Å². The number of alkyl halides is 3. The van der Waals surface area contributed by atoms with Crippen molar-refractivity contribution in [2.24, 2.45) is 5.73 Å². The van der Waals surface area contributed by atoms with Crippen LogP contribution in [0.4, 0.5) is 13.2 Å². The molecule has 1 amide bonds. The fourth-order valence-corrected chi connectivity index (χ4v) is 2.66. The Labute approximate surface area is 153 Å². The topological polar surface area (TPSA) is 96.1 Å². The molecule has 0 saturated heterocycles. The Kier molecular flexibility index (Phi) is 5.82. The maximum atomic E-state index is 12.5. The van der Waals surface area contributed by atoms with E-state index in [1.807, 2.05) is 0 Å². The van der Waals surface area contributed by atoms with Crippen LogP contribution < -0.4 is 11.5 Å². The molecule has 1 atom stereocenters. The van der Waals surface area contributed by atoms with Gasteiger partial charge >= 0.3 is 6.18 Å². The molecule has 0 bridgehead atoms. The van der Waals surface area contributed by atoms with Crippen LogP contribution in [0.3, 0.4) is 0 Å². The number of carbonyl (C=O) groups excluding carboxylic acids is 1. The Hall–Kier alpha value is -2.26. The second-order valence-electron chi connectivity index (χ2n) is 5.89. The number of nitrogens with two attached hydrogens (primary N) is 1. The second-order valence-corrected chi connectivity index (χ2v) is 6.25. The maximum absolute atomic E-state index is 12.5. The molecule has 1 aliphatic rings. The number of allylic oxidation sites excluding steroid dienone is 2. The van der Waals surface area contributed by atoms with Gasteiger partial charge in [0.1, 0.15) is 5.15 Å². The van der Waals surface area contributed by atoms with E-state index in [9.17, 15) is 18.0 Å². The molecular formula is C16H19ClF3N4O2+. The van der Waals surface area contributed by atoms with Crippen molar-refractivity contribution in [1.82, 2.24) is 9.88 Å². The van der Waals surface area contributed by atoms with Gasteiger partial charge in [-0.2, -0.15) is 13.2 Å². The van der Waals surface area contributed by atoms with Crippen molar-refractivity contribution < 1.29 is 28.4 Å². The number of rotatable bonds is 5. The number of hydrogen-bond donors (Lipinski definition) is 2. The smallest absolute Gasteiger partial charge is 0.422 e. The lowest BCUT2D eigenvalue weighted by Gasteiger charge is -2.24. The van der Waals surface area contributed by atoms with Crippen LogP contribution in [-0.4, -0.2) is 34.6 Å². The predicted octanol–water partition coefficient (Wildman–Crippen LogP) is 1.97. The van der Waals surface area contributed by atoms with E-state index in [0.717, 1.165) is 0 Å². The van der Waals surface area contributed by atoms with Crippen LogP contribution in [0, 0.1) is 0 Å². The average molecular weight is 392 g/mol. The van der Waals surface area contributed by atoms with Gasteiger partial charge in [0.05, 0.1) is 18.2 Å². The number of quaternary nitrogens is 1. The number of pyridine rings is 1. The lowest BCUT2D eigenvalue weighted by atomic mass is 10.1. The van der Waals surface area contributed by atoms with Crippen molar-refractivity contribution >= 4 is 17.5 Å². The summed E-state index contributed by atoms with van der Waals surface area (Å²) in [5.74, 6) is -0.376. The molecule has 0 spiro atoms. The number of ether oxygens (including phenoxy) is 1. The van der Waals surface area contributed by atoms with Crippen molar-refractivity contribution in [2.75, 3.05) is 6.61 Å². The molecular weight excluding hydrogens is 373 g/mol. The molecule has 1 aromatic heterocycles. The summed E-state index contributed by atoms with van der Waals surface area (Å²) < 4.78 is 41.2. The monoisotopic (exact) mass is 391 g/mol. The highest BCUT2D eigenvalue weighted by atomic mass is 35.5. The summed E-state index contributed by atoms with van der Waals surface area (Å²) >= 11 is 6.02. The van der Waals surface area contributed by atoms with E-state index < -0.39 is 18.8 Å². The Morgan fingerprint density at radius 1 is 1.58 bits per heavy atom. The number of carbonyl (C=O) groups is 1. The zero-order chi connectivity index (χ0) is 19.6. The number of amides is 1. The zero-order valence-corrected chi connectivity index (χ0v) is 15.0. The fraction of sp³-hybridized carbons (Fsp3) is 0.375. The van der Waals surface area contributed by atoms with Gasteiger partial charge < -0.3 is 15.4 Å². The van der Waals surface area contributed by atoms with Crippen molar-refractivity contribution in [3.63, 3.8) is 0 Å². The summed E-state index contributed by atoms with van der Waals surface area (Å²) in [6.07, 6.45) is -1.56. The van der Waals surface area contributed by atoms with Gasteiger partial charge in [0.15, 0.2) is 6.61 Å². The van der Waals surface area contributed by atoms with Gasteiger partial charge in [-0.25, -0.2) is 4.98 Å². The van der Waals surface area contributed by atoms with Crippen LogP contribution in [0.1, 0.15) is 29.8 Å². The minimum Gasteiger partial charge on any atom is -0.442 e. The SMILES string of the molecule is CC(/C=C(\N)C(C)N1Cc2c(ccnc2Cl)C1=O)=C(/[NH3+])OCC(F)(F)F. The summed E-state index contributed by atoms with van der Waals surface area (Å²) in [4.78, 5) is 18.0. The largest absolute Gasteiger partial charge is 0.442 e. The minimum absolute atomic E-state index is 0.138. The van der Waals surface area contributed by atoms with Crippen molar-refractivity contribution in [1.29, 1.82) is 0 Å². The third-order valence-corrected chi connectivity index (χ3v) is 4.33. The van der Waals surface area contributed by atoms with Gasteiger partial charge in [0.2, 0.25) is 0 Å². The summed E-state index contributed by atoms with van der Waals surface area (Å²) in [6.45, 7) is 2.06. The normalized spacial score (nSPS) is 17.1. The molecule has 1 unspecified atom stereocenters. The highest BCUT2D eigenvalue weighted by molar-refractivity contribution is 6.30. The molecule has 0 aliphatic carbocycles. The molecule has 2 rings (SSSR count). The molecule has 1 aromatic rings. The van der Waals surface area contributed by atoms with E-state index in [-0.39, 0.29) is 29.2 Å². The van der Waals surface area contributed by atoms with Crippen molar-refractivity contribution in [3.05, 3.63) is 51.8 Å². The number of hydrogen-bond acceptors (Lipinski definition) is 4. The maximum Gasteiger partial charge on any atom is 0.422 e. The van der Waals surface area contributed by atoms with E-state index in [2.05, 4.69) is 15.5 Å². The lowest BCUT2D eigenvalue weighted by Crippen LogP contribution is -2.50. The minimum atomic E-state index is -4.45. The van der Waals surface area contributed by atoms with E-state index in [0.29, 0.717) is 16.7 Å².